The van der Waals surface area contributed by atoms with Crippen molar-refractivity contribution in [3.63, 3.8) is 0 Å². The van der Waals surface area contributed by atoms with Crippen molar-refractivity contribution in [2.45, 2.75) is 45.2 Å². The van der Waals surface area contributed by atoms with Crippen molar-refractivity contribution in [1.82, 2.24) is 9.27 Å². The van der Waals surface area contributed by atoms with Crippen molar-refractivity contribution in [3.05, 3.63) is 70.5 Å². The maximum absolute atomic E-state index is 12.3. The fraction of sp³-hybridized carbons (Fsp3) is 0.333. The summed E-state index contributed by atoms with van der Waals surface area (Å²) in [4.78, 5) is 24.4. The first-order valence-electron chi connectivity index (χ1n) is 9.05. The fourth-order valence-corrected chi connectivity index (χ4v) is 4.03. The molecule has 1 atom stereocenters. The van der Waals surface area contributed by atoms with E-state index >= 15 is 0 Å². The molecule has 0 saturated carbocycles. The molecule has 0 aliphatic heterocycles. The van der Waals surface area contributed by atoms with Crippen LogP contribution >= 0.6 is 11.5 Å². The van der Waals surface area contributed by atoms with E-state index < -0.39 is 0 Å². The lowest BCUT2D eigenvalue weighted by molar-refractivity contribution is -0.121. The third kappa shape index (κ3) is 4.82. The number of hydrogen-bond acceptors (Lipinski definition) is 3. The molecule has 3 rings (SSSR count). The maximum atomic E-state index is 12.3. The van der Waals surface area contributed by atoms with Crippen LogP contribution in [0.15, 0.2) is 59.4 Å². The molecule has 26 heavy (non-hydrogen) atoms. The summed E-state index contributed by atoms with van der Waals surface area (Å²) in [6.07, 6.45) is 2.99. The van der Waals surface area contributed by atoms with Gasteiger partial charge >= 0.3 is 0 Å². The lowest BCUT2D eigenvalue weighted by atomic mass is 10.1. The molecule has 4 nitrogen and oxygen atoms in total. The van der Waals surface area contributed by atoms with E-state index in [4.69, 9.17) is 0 Å². The number of carbonyl (C=O) groups is 1. The third-order valence-corrected chi connectivity index (χ3v) is 5.56. The van der Waals surface area contributed by atoms with Gasteiger partial charge < -0.3 is 5.32 Å². The van der Waals surface area contributed by atoms with Crippen molar-refractivity contribution >= 4 is 27.5 Å². The quantitative estimate of drug-likeness (QED) is 0.654. The zero-order valence-electron chi connectivity index (χ0n) is 15.0. The van der Waals surface area contributed by atoms with Gasteiger partial charge in [-0.3, -0.25) is 13.5 Å². The van der Waals surface area contributed by atoms with E-state index in [1.165, 1.54) is 17.1 Å². The molecule has 5 heteroatoms. The molecule has 0 fully saturated rings. The number of nitrogens with zero attached hydrogens (tertiary/aromatic N) is 1. The minimum atomic E-state index is 0.0437. The van der Waals surface area contributed by atoms with E-state index in [1.807, 2.05) is 49.4 Å². The highest BCUT2D eigenvalue weighted by atomic mass is 32.1. The standard InChI is InChI=1S/C21H24N2O2S/c1-16(13-14-17-8-3-2-4-9-17)22-20(24)12-7-15-23-21(25)18-10-5-6-11-19(18)26-23/h2-6,8-11,16H,7,12-15H2,1H3,(H,22,24)/t16-/m1/s1. The Balaban J connectivity index is 1.42. The van der Waals surface area contributed by atoms with Gasteiger partial charge in [-0.25, -0.2) is 0 Å². The highest BCUT2D eigenvalue weighted by Gasteiger charge is 2.10. The van der Waals surface area contributed by atoms with E-state index in [0.29, 0.717) is 19.4 Å². The minimum absolute atomic E-state index is 0.0437. The van der Waals surface area contributed by atoms with Gasteiger partial charge in [0.2, 0.25) is 5.91 Å². The molecule has 136 valence electrons. The third-order valence-electron chi connectivity index (χ3n) is 4.43. The molecule has 0 radical (unpaired) electrons. The SMILES string of the molecule is C[C@H](CCc1ccccc1)NC(=O)CCCn1sc2ccccc2c1=O. The van der Waals surface area contributed by atoms with Crippen LogP contribution in [-0.2, 0) is 17.8 Å². The predicted octanol–water partition coefficient (Wildman–Crippen LogP) is 3.98. The highest BCUT2D eigenvalue weighted by molar-refractivity contribution is 7.13. The molecule has 0 aliphatic rings. The molecule has 1 N–H and O–H groups in total. The Hall–Kier alpha value is -2.40. The summed E-state index contributed by atoms with van der Waals surface area (Å²) in [5.41, 5.74) is 1.33. The summed E-state index contributed by atoms with van der Waals surface area (Å²) in [6, 6.07) is 18.1. The molecule has 0 spiro atoms. The lowest BCUT2D eigenvalue weighted by Gasteiger charge is -2.14. The number of hydrogen-bond donors (Lipinski definition) is 1. The molecule has 1 aromatic heterocycles. The molecule has 0 unspecified atom stereocenters. The van der Waals surface area contributed by atoms with Crippen molar-refractivity contribution in [2.24, 2.45) is 0 Å². The average molecular weight is 369 g/mol. The number of amides is 1. The molecule has 2 aromatic carbocycles. The van der Waals surface area contributed by atoms with Crippen LogP contribution in [0.1, 0.15) is 31.7 Å². The van der Waals surface area contributed by atoms with Crippen LogP contribution in [0.2, 0.25) is 0 Å². The molecular formula is C21H24N2O2S. The summed E-state index contributed by atoms with van der Waals surface area (Å²) >= 11 is 1.47. The minimum Gasteiger partial charge on any atom is -0.354 e. The zero-order valence-corrected chi connectivity index (χ0v) is 15.8. The number of aromatic nitrogens is 1. The monoisotopic (exact) mass is 368 g/mol. The van der Waals surface area contributed by atoms with Gasteiger partial charge in [0.25, 0.3) is 5.56 Å². The van der Waals surface area contributed by atoms with E-state index in [2.05, 4.69) is 17.4 Å². The van der Waals surface area contributed by atoms with Crippen molar-refractivity contribution in [3.8, 4) is 0 Å². The van der Waals surface area contributed by atoms with Crippen molar-refractivity contribution in [1.29, 1.82) is 0 Å². The van der Waals surface area contributed by atoms with Gasteiger partial charge in [0, 0.05) is 19.0 Å². The largest absolute Gasteiger partial charge is 0.354 e. The first kappa shape index (κ1) is 18.4. The normalized spacial score (nSPS) is 12.2. The Kier molecular flexibility index (Phi) is 6.23. The Labute approximate surface area is 157 Å². The number of aryl methyl sites for hydroxylation is 2. The molecule has 3 aromatic rings. The van der Waals surface area contributed by atoms with Crippen LogP contribution in [0.5, 0.6) is 0 Å². The van der Waals surface area contributed by atoms with Crippen LogP contribution in [0.25, 0.3) is 10.1 Å². The average Bonchev–Trinajstić information content (AvgIpc) is 2.97. The van der Waals surface area contributed by atoms with Gasteiger partial charge in [-0.1, -0.05) is 54.0 Å². The van der Waals surface area contributed by atoms with E-state index in [-0.39, 0.29) is 17.5 Å². The zero-order chi connectivity index (χ0) is 18.4. The second-order valence-electron chi connectivity index (χ2n) is 6.59. The fourth-order valence-electron chi connectivity index (χ4n) is 2.99. The van der Waals surface area contributed by atoms with Gasteiger partial charge in [-0.2, -0.15) is 0 Å². The molecule has 1 amide bonds. The molecule has 0 saturated heterocycles. The second kappa shape index (κ2) is 8.81. The van der Waals surface area contributed by atoms with Gasteiger partial charge in [0.15, 0.2) is 0 Å². The number of fused-ring (bicyclic) bond motifs is 1. The van der Waals surface area contributed by atoms with Gasteiger partial charge in [0.05, 0.1) is 10.1 Å². The van der Waals surface area contributed by atoms with Gasteiger partial charge in [-0.05, 0) is 43.9 Å². The van der Waals surface area contributed by atoms with Crippen LogP contribution in [0, 0.1) is 0 Å². The summed E-state index contributed by atoms with van der Waals surface area (Å²) in [5.74, 6) is 0.0553. The smallest absolute Gasteiger partial charge is 0.268 e. The molecule has 0 bridgehead atoms. The van der Waals surface area contributed by atoms with Crippen LogP contribution in [0.4, 0.5) is 0 Å². The van der Waals surface area contributed by atoms with Crippen LogP contribution in [0.3, 0.4) is 0 Å². The summed E-state index contributed by atoms with van der Waals surface area (Å²) in [6.45, 7) is 2.63. The Morgan fingerprint density at radius 3 is 2.62 bits per heavy atom. The van der Waals surface area contributed by atoms with E-state index in [0.717, 1.165) is 22.9 Å². The van der Waals surface area contributed by atoms with E-state index in [1.54, 1.807) is 3.96 Å². The molecular weight excluding hydrogens is 344 g/mol. The number of nitrogens with one attached hydrogen (secondary N) is 1. The topological polar surface area (TPSA) is 51.1 Å². The Bertz CT molecular complexity index is 914. The van der Waals surface area contributed by atoms with Crippen LogP contribution < -0.4 is 10.9 Å². The number of rotatable bonds is 8. The molecule has 0 aliphatic carbocycles. The van der Waals surface area contributed by atoms with Crippen molar-refractivity contribution < 1.29 is 4.79 Å². The van der Waals surface area contributed by atoms with E-state index in [9.17, 15) is 9.59 Å². The Morgan fingerprint density at radius 1 is 1.12 bits per heavy atom. The summed E-state index contributed by atoms with van der Waals surface area (Å²) in [5, 5.41) is 3.82. The lowest BCUT2D eigenvalue weighted by Crippen LogP contribution is -2.32. The molecule has 1 heterocycles. The van der Waals surface area contributed by atoms with Gasteiger partial charge in [-0.15, -0.1) is 0 Å². The summed E-state index contributed by atoms with van der Waals surface area (Å²) in [7, 11) is 0. The van der Waals surface area contributed by atoms with Crippen LogP contribution in [-0.4, -0.2) is 15.9 Å². The predicted molar refractivity (Wildman–Crippen MR) is 108 cm³/mol. The van der Waals surface area contributed by atoms with Gasteiger partial charge in [0.1, 0.15) is 0 Å². The highest BCUT2D eigenvalue weighted by Crippen LogP contribution is 2.16. The first-order chi connectivity index (χ1) is 12.6. The summed E-state index contributed by atoms with van der Waals surface area (Å²) < 4.78 is 2.74. The van der Waals surface area contributed by atoms with Crippen molar-refractivity contribution in [2.75, 3.05) is 0 Å². The first-order valence-corrected chi connectivity index (χ1v) is 9.83. The number of carbonyl (C=O) groups excluding carboxylic acids is 1. The Morgan fingerprint density at radius 2 is 1.85 bits per heavy atom. The maximum Gasteiger partial charge on any atom is 0.268 e. The number of benzene rings is 2. The second-order valence-corrected chi connectivity index (χ2v) is 7.65.